The van der Waals surface area contributed by atoms with Crippen molar-refractivity contribution in [3.8, 4) is 0 Å². The second-order valence-electron chi connectivity index (χ2n) is 3.16. The van der Waals surface area contributed by atoms with Gasteiger partial charge in [-0.05, 0) is 17.7 Å². The van der Waals surface area contributed by atoms with Crippen molar-refractivity contribution >= 4 is 5.78 Å². The number of Topliss-reactive ketones (excluding diaryl/α,β-unsaturated/α-hetero) is 1. The van der Waals surface area contributed by atoms with Crippen LogP contribution in [-0.4, -0.2) is 25.8 Å². The maximum atomic E-state index is 11.1. The third-order valence-electron chi connectivity index (χ3n) is 1.98. The van der Waals surface area contributed by atoms with E-state index in [1.165, 1.54) is 6.92 Å². The molecule has 0 aliphatic heterocycles. The molecule has 0 aromatic carbocycles. The zero-order chi connectivity index (χ0) is 10.7. The van der Waals surface area contributed by atoms with Gasteiger partial charge in [0.1, 0.15) is 5.69 Å². The summed E-state index contributed by atoms with van der Waals surface area (Å²) >= 11 is 0. The first kappa shape index (κ1) is 9.51. The van der Waals surface area contributed by atoms with E-state index in [0.29, 0.717) is 12.2 Å². The predicted octanol–water partition coefficient (Wildman–Crippen LogP) is 0.924. The van der Waals surface area contributed by atoms with E-state index in [-0.39, 0.29) is 5.78 Å². The molecule has 0 spiro atoms. The molecule has 0 unspecified atom stereocenters. The van der Waals surface area contributed by atoms with Crippen LogP contribution in [0.4, 0.5) is 0 Å². The van der Waals surface area contributed by atoms with Gasteiger partial charge in [0, 0.05) is 13.1 Å². The lowest BCUT2D eigenvalue weighted by Crippen LogP contribution is -2.05. The minimum atomic E-state index is -0.0368. The molecule has 2 aromatic heterocycles. The van der Waals surface area contributed by atoms with Gasteiger partial charge in [-0.25, -0.2) is 0 Å². The fourth-order valence-corrected chi connectivity index (χ4v) is 1.25. The summed E-state index contributed by atoms with van der Waals surface area (Å²) < 4.78 is 0. The van der Waals surface area contributed by atoms with Gasteiger partial charge in [-0.3, -0.25) is 9.78 Å². The van der Waals surface area contributed by atoms with Crippen molar-refractivity contribution in [1.29, 1.82) is 0 Å². The smallest absolute Gasteiger partial charge is 0.178 e. The summed E-state index contributed by atoms with van der Waals surface area (Å²) in [6.45, 7) is 2.05. The van der Waals surface area contributed by atoms with Crippen LogP contribution in [0.2, 0.25) is 0 Å². The van der Waals surface area contributed by atoms with Gasteiger partial charge in [0.15, 0.2) is 5.78 Å². The quantitative estimate of drug-likeness (QED) is 0.694. The third kappa shape index (κ3) is 2.25. The van der Waals surface area contributed by atoms with E-state index >= 15 is 0 Å². The van der Waals surface area contributed by atoms with E-state index in [9.17, 15) is 4.79 Å². The number of pyridine rings is 1. The molecule has 0 fully saturated rings. The Balaban J connectivity index is 2.22. The Kier molecular flexibility index (Phi) is 2.53. The number of rotatable bonds is 3. The van der Waals surface area contributed by atoms with Crippen molar-refractivity contribution in [3.05, 3.63) is 42.0 Å². The Hall–Kier alpha value is -2.04. The summed E-state index contributed by atoms with van der Waals surface area (Å²) in [6, 6.07) is 3.60. The van der Waals surface area contributed by atoms with Crippen LogP contribution < -0.4 is 0 Å². The molecule has 0 saturated heterocycles. The normalized spacial score (nSPS) is 10.2. The molecule has 5 nitrogen and oxygen atoms in total. The Morgan fingerprint density at radius 2 is 2.07 bits per heavy atom. The lowest BCUT2D eigenvalue weighted by atomic mass is 10.2. The van der Waals surface area contributed by atoms with Crippen molar-refractivity contribution < 1.29 is 4.79 Å². The molecular weight excluding hydrogens is 192 g/mol. The lowest BCUT2D eigenvalue weighted by molar-refractivity contribution is 0.101. The summed E-state index contributed by atoms with van der Waals surface area (Å²) in [5.41, 5.74) is 1.44. The van der Waals surface area contributed by atoms with Crippen LogP contribution in [0.3, 0.4) is 0 Å². The number of hydrogen-bond acceptors (Lipinski definition) is 4. The Labute approximate surface area is 86.8 Å². The van der Waals surface area contributed by atoms with Crippen molar-refractivity contribution in [1.82, 2.24) is 20.0 Å². The highest BCUT2D eigenvalue weighted by atomic mass is 16.1. The fraction of sp³-hybridized carbons (Fsp3) is 0.200. The molecule has 2 rings (SSSR count). The fourth-order valence-electron chi connectivity index (χ4n) is 1.25. The van der Waals surface area contributed by atoms with E-state index < -0.39 is 0 Å². The van der Waals surface area contributed by atoms with E-state index in [4.69, 9.17) is 0 Å². The first-order valence-corrected chi connectivity index (χ1v) is 4.55. The van der Waals surface area contributed by atoms with Gasteiger partial charge >= 0.3 is 0 Å². The topological polar surface area (TPSA) is 60.7 Å². The van der Waals surface area contributed by atoms with Crippen LogP contribution in [0.15, 0.2) is 30.7 Å². The molecule has 5 heteroatoms. The summed E-state index contributed by atoms with van der Waals surface area (Å²) in [5.74, 6) is -0.0368. The minimum absolute atomic E-state index is 0.0368. The molecule has 15 heavy (non-hydrogen) atoms. The number of aromatic nitrogens is 4. The molecule has 0 aliphatic rings. The van der Waals surface area contributed by atoms with Gasteiger partial charge in [0.25, 0.3) is 0 Å². The predicted molar refractivity (Wildman–Crippen MR) is 53.4 cm³/mol. The second kappa shape index (κ2) is 4.00. The minimum Gasteiger partial charge on any atom is -0.293 e. The Bertz CT molecular complexity index is 464. The average Bonchev–Trinajstić information content (AvgIpc) is 2.71. The number of hydrogen-bond donors (Lipinski definition) is 0. The highest BCUT2D eigenvalue weighted by Crippen LogP contribution is 2.03. The molecule has 0 radical (unpaired) electrons. The molecule has 2 aromatic rings. The Morgan fingerprint density at radius 1 is 1.33 bits per heavy atom. The standard InChI is InChI=1S/C10H10N4O/c1-8(15)10-6-9(2-3-11-10)7-14-12-4-5-13-14/h2-6H,7H2,1H3. The lowest BCUT2D eigenvalue weighted by Gasteiger charge is -2.01. The monoisotopic (exact) mass is 202 g/mol. The molecule has 76 valence electrons. The maximum absolute atomic E-state index is 11.1. The van der Waals surface area contributed by atoms with Gasteiger partial charge in [0.2, 0.25) is 0 Å². The SMILES string of the molecule is CC(=O)c1cc(Cn2nccn2)ccn1. The summed E-state index contributed by atoms with van der Waals surface area (Å²) in [4.78, 5) is 16.6. The number of nitrogens with zero attached hydrogens (tertiary/aromatic N) is 4. The van der Waals surface area contributed by atoms with Crippen molar-refractivity contribution in [2.75, 3.05) is 0 Å². The van der Waals surface area contributed by atoms with Crippen LogP contribution in [-0.2, 0) is 6.54 Å². The molecule has 2 heterocycles. The average molecular weight is 202 g/mol. The van der Waals surface area contributed by atoms with Crippen LogP contribution in [0.1, 0.15) is 23.0 Å². The maximum Gasteiger partial charge on any atom is 0.178 e. The summed E-state index contributed by atoms with van der Waals surface area (Å²) in [6.07, 6.45) is 4.86. The van der Waals surface area contributed by atoms with Crippen LogP contribution in [0.5, 0.6) is 0 Å². The van der Waals surface area contributed by atoms with E-state index in [1.54, 1.807) is 29.5 Å². The van der Waals surface area contributed by atoms with Gasteiger partial charge in [0.05, 0.1) is 18.9 Å². The number of ketones is 1. The van der Waals surface area contributed by atoms with Crippen molar-refractivity contribution in [2.24, 2.45) is 0 Å². The molecule has 0 atom stereocenters. The highest BCUT2D eigenvalue weighted by molar-refractivity contribution is 5.92. The zero-order valence-corrected chi connectivity index (χ0v) is 8.29. The molecular formula is C10H10N4O. The molecule has 0 saturated carbocycles. The van der Waals surface area contributed by atoms with Crippen molar-refractivity contribution in [3.63, 3.8) is 0 Å². The van der Waals surface area contributed by atoms with Gasteiger partial charge in [-0.1, -0.05) is 0 Å². The first-order chi connectivity index (χ1) is 7.25. The van der Waals surface area contributed by atoms with Crippen molar-refractivity contribution in [2.45, 2.75) is 13.5 Å². The van der Waals surface area contributed by atoms with Gasteiger partial charge in [-0.2, -0.15) is 15.0 Å². The summed E-state index contributed by atoms with van der Waals surface area (Å²) in [7, 11) is 0. The van der Waals surface area contributed by atoms with Crippen LogP contribution in [0, 0.1) is 0 Å². The van der Waals surface area contributed by atoms with Crippen LogP contribution in [0.25, 0.3) is 0 Å². The largest absolute Gasteiger partial charge is 0.293 e. The molecule has 0 bridgehead atoms. The van der Waals surface area contributed by atoms with Gasteiger partial charge < -0.3 is 0 Å². The zero-order valence-electron chi connectivity index (χ0n) is 8.29. The van der Waals surface area contributed by atoms with Crippen LogP contribution >= 0.6 is 0 Å². The highest BCUT2D eigenvalue weighted by Gasteiger charge is 2.02. The first-order valence-electron chi connectivity index (χ1n) is 4.55. The number of carbonyl (C=O) groups is 1. The Morgan fingerprint density at radius 3 is 2.73 bits per heavy atom. The van der Waals surface area contributed by atoms with E-state index in [2.05, 4.69) is 15.2 Å². The number of carbonyl (C=O) groups excluding carboxylic acids is 1. The second-order valence-corrected chi connectivity index (χ2v) is 3.16. The van der Waals surface area contributed by atoms with Gasteiger partial charge in [-0.15, -0.1) is 0 Å². The molecule has 0 amide bonds. The molecule has 0 aliphatic carbocycles. The van der Waals surface area contributed by atoms with E-state index in [0.717, 1.165) is 5.56 Å². The molecule has 0 N–H and O–H groups in total. The van der Waals surface area contributed by atoms with E-state index in [1.807, 2.05) is 6.07 Å². The third-order valence-corrected chi connectivity index (χ3v) is 1.98. The summed E-state index contributed by atoms with van der Waals surface area (Å²) in [5, 5.41) is 7.97.